The zero-order valence-corrected chi connectivity index (χ0v) is 15.2. The molecule has 0 saturated heterocycles. The molecule has 6 heteroatoms. The van der Waals surface area contributed by atoms with Crippen LogP contribution in [0.1, 0.15) is 33.6 Å². The van der Waals surface area contributed by atoms with Crippen molar-refractivity contribution in [1.29, 1.82) is 0 Å². The molecule has 4 rings (SSSR count). The van der Waals surface area contributed by atoms with E-state index in [-0.39, 0.29) is 4.87 Å². The van der Waals surface area contributed by atoms with Crippen molar-refractivity contribution in [2.24, 2.45) is 17.3 Å². The highest BCUT2D eigenvalue weighted by Gasteiger charge is 2.63. The standard InChI is InChI=1S/C17H21ClN4S/c1-16(2)12-9-14(17(3,18)10-13(12)16)23-15-19-21-22(20-15)11-7-5-4-6-8-11/h4-8,12-14H,9-10H2,1-3H3/t12-,13+,14+,17+/m0/s1. The molecule has 0 amide bonds. The number of aromatic nitrogens is 4. The molecule has 122 valence electrons. The molecule has 1 aromatic heterocycles. The summed E-state index contributed by atoms with van der Waals surface area (Å²) in [4.78, 5) is 1.39. The number of fused-ring (bicyclic) bond motifs is 1. The van der Waals surface area contributed by atoms with Crippen molar-refractivity contribution < 1.29 is 0 Å². The van der Waals surface area contributed by atoms with Gasteiger partial charge in [-0.1, -0.05) is 43.8 Å². The van der Waals surface area contributed by atoms with Crippen LogP contribution in [-0.4, -0.2) is 30.3 Å². The van der Waals surface area contributed by atoms with Gasteiger partial charge in [-0.3, -0.25) is 0 Å². The zero-order valence-electron chi connectivity index (χ0n) is 13.6. The topological polar surface area (TPSA) is 43.6 Å². The summed E-state index contributed by atoms with van der Waals surface area (Å²) < 4.78 is 0. The predicted octanol–water partition coefficient (Wildman–Crippen LogP) is 4.19. The van der Waals surface area contributed by atoms with Crippen LogP contribution >= 0.6 is 23.4 Å². The molecule has 4 atom stereocenters. The lowest BCUT2D eigenvalue weighted by molar-refractivity contribution is 0.406. The SMILES string of the molecule is CC1(C)[C@@H]2C[C@@](C)(Cl)[C@H](Sc3nnn(-c4ccccc4)n3)C[C@@H]21. The summed E-state index contributed by atoms with van der Waals surface area (Å²) in [6.07, 6.45) is 2.22. The van der Waals surface area contributed by atoms with Crippen LogP contribution in [-0.2, 0) is 0 Å². The van der Waals surface area contributed by atoms with E-state index in [1.54, 1.807) is 16.6 Å². The smallest absolute Gasteiger partial charge is 0.130 e. The van der Waals surface area contributed by atoms with Crippen LogP contribution in [0.4, 0.5) is 0 Å². The van der Waals surface area contributed by atoms with Crippen LogP contribution in [0.2, 0.25) is 0 Å². The van der Waals surface area contributed by atoms with Crippen LogP contribution in [0.15, 0.2) is 35.5 Å². The van der Waals surface area contributed by atoms with Gasteiger partial charge < -0.3 is 0 Å². The predicted molar refractivity (Wildman–Crippen MR) is 93.1 cm³/mol. The number of halogens is 1. The lowest BCUT2D eigenvalue weighted by Crippen LogP contribution is -2.35. The molecule has 0 aliphatic heterocycles. The van der Waals surface area contributed by atoms with Gasteiger partial charge in [0.05, 0.1) is 10.6 Å². The maximum Gasteiger partial charge on any atom is 0.231 e. The molecule has 1 heterocycles. The van der Waals surface area contributed by atoms with Crippen LogP contribution in [0.3, 0.4) is 0 Å². The molecule has 23 heavy (non-hydrogen) atoms. The Balaban J connectivity index is 1.51. The van der Waals surface area contributed by atoms with E-state index in [9.17, 15) is 0 Å². The van der Waals surface area contributed by atoms with E-state index >= 15 is 0 Å². The monoisotopic (exact) mass is 348 g/mol. The molecule has 0 N–H and O–H groups in total. The molecule has 0 bridgehead atoms. The van der Waals surface area contributed by atoms with E-state index in [2.05, 4.69) is 36.2 Å². The third kappa shape index (κ3) is 2.68. The first-order valence-corrected chi connectivity index (χ1v) is 9.35. The highest BCUT2D eigenvalue weighted by Crippen LogP contribution is 2.68. The molecule has 1 aromatic carbocycles. The molecule has 0 spiro atoms. The van der Waals surface area contributed by atoms with E-state index in [4.69, 9.17) is 11.6 Å². The highest BCUT2D eigenvalue weighted by molar-refractivity contribution is 7.99. The number of rotatable bonds is 3. The third-order valence-corrected chi connectivity index (χ3v) is 7.59. The summed E-state index contributed by atoms with van der Waals surface area (Å²) in [5, 5.41) is 13.9. The molecular formula is C17H21ClN4S. The van der Waals surface area contributed by atoms with E-state index in [0.717, 1.165) is 30.4 Å². The molecule has 2 fully saturated rings. The van der Waals surface area contributed by atoms with Gasteiger partial charge in [-0.25, -0.2) is 0 Å². The number of nitrogens with zero attached hydrogens (tertiary/aromatic N) is 4. The lowest BCUT2D eigenvalue weighted by atomic mass is 9.89. The first-order chi connectivity index (χ1) is 10.9. The summed E-state index contributed by atoms with van der Waals surface area (Å²) in [6, 6.07) is 9.86. The number of alkyl halides is 1. The van der Waals surface area contributed by atoms with Crippen molar-refractivity contribution in [2.75, 3.05) is 0 Å². The number of thioether (sulfide) groups is 1. The molecular weight excluding hydrogens is 328 g/mol. The zero-order chi connectivity index (χ0) is 16.2. The Hall–Kier alpha value is -1.07. The van der Waals surface area contributed by atoms with Crippen molar-refractivity contribution in [1.82, 2.24) is 20.2 Å². The molecule has 2 aliphatic rings. The van der Waals surface area contributed by atoms with Gasteiger partial charge in [0.1, 0.15) is 0 Å². The van der Waals surface area contributed by atoms with Gasteiger partial charge in [-0.05, 0) is 54.4 Å². The largest absolute Gasteiger partial charge is 0.231 e. The average Bonchev–Trinajstić information content (AvgIpc) is 2.89. The van der Waals surface area contributed by atoms with Gasteiger partial charge in [-0.15, -0.1) is 26.6 Å². The Kier molecular flexibility index (Phi) is 3.50. The van der Waals surface area contributed by atoms with Crippen molar-refractivity contribution in [3.05, 3.63) is 30.3 Å². The molecule has 4 nitrogen and oxygen atoms in total. The van der Waals surface area contributed by atoms with E-state index in [1.807, 2.05) is 30.3 Å². The second-order valence-electron chi connectivity index (χ2n) is 7.56. The van der Waals surface area contributed by atoms with E-state index in [1.165, 1.54) is 0 Å². The van der Waals surface area contributed by atoms with E-state index in [0.29, 0.717) is 15.8 Å². The van der Waals surface area contributed by atoms with Gasteiger partial charge in [0.2, 0.25) is 5.16 Å². The minimum atomic E-state index is -0.197. The van der Waals surface area contributed by atoms with Gasteiger partial charge >= 0.3 is 0 Å². The van der Waals surface area contributed by atoms with Gasteiger partial charge in [0, 0.05) is 5.25 Å². The third-order valence-electron chi connectivity index (χ3n) is 5.68. The quantitative estimate of drug-likeness (QED) is 0.780. The fourth-order valence-electron chi connectivity index (χ4n) is 3.99. The summed E-state index contributed by atoms with van der Waals surface area (Å²) >= 11 is 8.54. The first kappa shape index (κ1) is 15.5. The van der Waals surface area contributed by atoms with Crippen molar-refractivity contribution >= 4 is 23.4 Å². The van der Waals surface area contributed by atoms with Crippen LogP contribution in [0.5, 0.6) is 0 Å². The van der Waals surface area contributed by atoms with Gasteiger partial charge in [-0.2, -0.15) is 0 Å². The minimum Gasteiger partial charge on any atom is -0.130 e. The molecule has 0 radical (unpaired) electrons. The Labute approximate surface area is 146 Å². The molecule has 2 saturated carbocycles. The van der Waals surface area contributed by atoms with Crippen LogP contribution in [0, 0.1) is 17.3 Å². The number of hydrogen-bond donors (Lipinski definition) is 0. The number of para-hydroxylation sites is 1. The van der Waals surface area contributed by atoms with Crippen molar-refractivity contribution in [3.63, 3.8) is 0 Å². The Bertz CT molecular complexity index is 712. The molecule has 2 aliphatic carbocycles. The maximum atomic E-state index is 6.86. The second-order valence-corrected chi connectivity index (χ2v) is 9.59. The normalized spacial score (nSPS) is 34.9. The number of hydrogen-bond acceptors (Lipinski definition) is 4. The Morgan fingerprint density at radius 1 is 1.17 bits per heavy atom. The average molecular weight is 349 g/mol. The van der Waals surface area contributed by atoms with Gasteiger partial charge in [0.25, 0.3) is 0 Å². The minimum absolute atomic E-state index is 0.197. The fraction of sp³-hybridized carbons (Fsp3) is 0.588. The number of tetrazole rings is 1. The summed E-state index contributed by atoms with van der Waals surface area (Å²) in [6.45, 7) is 6.90. The van der Waals surface area contributed by atoms with Crippen LogP contribution in [0.25, 0.3) is 5.69 Å². The van der Waals surface area contributed by atoms with Crippen LogP contribution < -0.4 is 0 Å². The molecule has 0 unspecified atom stereocenters. The number of benzene rings is 1. The first-order valence-electron chi connectivity index (χ1n) is 8.09. The fourth-order valence-corrected chi connectivity index (χ4v) is 5.48. The lowest BCUT2D eigenvalue weighted by Gasteiger charge is -2.34. The van der Waals surface area contributed by atoms with Gasteiger partial charge in [0.15, 0.2) is 0 Å². The summed E-state index contributed by atoms with van der Waals surface area (Å²) in [5.41, 5.74) is 1.37. The highest BCUT2D eigenvalue weighted by atomic mass is 35.5. The molecule has 2 aromatic rings. The Morgan fingerprint density at radius 3 is 2.65 bits per heavy atom. The summed E-state index contributed by atoms with van der Waals surface area (Å²) in [5.74, 6) is 1.56. The second kappa shape index (κ2) is 5.21. The van der Waals surface area contributed by atoms with E-state index < -0.39 is 0 Å². The summed E-state index contributed by atoms with van der Waals surface area (Å²) in [7, 11) is 0. The Morgan fingerprint density at radius 2 is 1.91 bits per heavy atom. The van der Waals surface area contributed by atoms with Crippen molar-refractivity contribution in [3.8, 4) is 5.69 Å². The van der Waals surface area contributed by atoms with Crippen molar-refractivity contribution in [2.45, 2.75) is 48.9 Å². The maximum absolute atomic E-state index is 6.86.